The zero-order valence-corrected chi connectivity index (χ0v) is 4.72. The summed E-state index contributed by atoms with van der Waals surface area (Å²) in [6.45, 7) is 1.85. The molecule has 0 aliphatic heterocycles. The Hall–Kier alpha value is -1.06. The molecule has 0 unspecified atom stereocenters. The molecule has 0 aromatic heterocycles. The number of nitrogens with two attached hydrogens (primary N) is 1. The molecule has 0 saturated heterocycles. The molecule has 0 bridgehead atoms. The quantitative estimate of drug-likeness (QED) is 0.368. The van der Waals surface area contributed by atoms with Gasteiger partial charge >= 0.3 is 0 Å². The highest BCUT2D eigenvalue weighted by molar-refractivity contribution is 5.75. The van der Waals surface area contributed by atoms with Crippen LogP contribution in [0.15, 0.2) is 5.10 Å². The van der Waals surface area contributed by atoms with E-state index in [2.05, 4.69) is 10.5 Å². The molecule has 0 fully saturated rings. The van der Waals surface area contributed by atoms with Crippen LogP contribution in [0.5, 0.6) is 0 Å². The lowest BCUT2D eigenvalue weighted by Gasteiger charge is -1.90. The molecule has 0 aliphatic rings. The van der Waals surface area contributed by atoms with Crippen LogP contribution < -0.4 is 11.2 Å². The SMILES string of the molecule is C/C=N\NCC(N)=O. The van der Waals surface area contributed by atoms with Crippen LogP contribution in [0.25, 0.3) is 0 Å². The second kappa shape index (κ2) is 4.11. The molecular weight excluding hydrogens is 106 g/mol. The van der Waals surface area contributed by atoms with E-state index in [9.17, 15) is 4.79 Å². The number of carbonyl (C=O) groups is 1. The van der Waals surface area contributed by atoms with Crippen molar-refractivity contribution in [3.63, 3.8) is 0 Å². The van der Waals surface area contributed by atoms with Crippen molar-refractivity contribution >= 4 is 12.1 Å². The number of hydrogen-bond acceptors (Lipinski definition) is 3. The van der Waals surface area contributed by atoms with Crippen LogP contribution in [0.2, 0.25) is 0 Å². The number of hydrazone groups is 1. The summed E-state index contributed by atoms with van der Waals surface area (Å²) < 4.78 is 0. The second-order valence-electron chi connectivity index (χ2n) is 1.19. The summed E-state index contributed by atoms with van der Waals surface area (Å²) in [6, 6.07) is 0. The molecule has 3 N–H and O–H groups in total. The smallest absolute Gasteiger partial charge is 0.238 e. The fraction of sp³-hybridized carbons (Fsp3) is 0.500. The highest BCUT2D eigenvalue weighted by atomic mass is 16.1. The fourth-order valence-corrected chi connectivity index (χ4v) is 0.215. The number of nitrogens with zero attached hydrogens (tertiary/aromatic N) is 1. The van der Waals surface area contributed by atoms with Crippen LogP contribution in [0.1, 0.15) is 6.92 Å². The lowest BCUT2D eigenvalue weighted by Crippen LogP contribution is -2.24. The van der Waals surface area contributed by atoms with Gasteiger partial charge in [0, 0.05) is 6.21 Å². The van der Waals surface area contributed by atoms with E-state index < -0.39 is 5.91 Å². The van der Waals surface area contributed by atoms with E-state index in [-0.39, 0.29) is 6.54 Å². The Morgan fingerprint density at radius 2 is 2.62 bits per heavy atom. The summed E-state index contributed by atoms with van der Waals surface area (Å²) >= 11 is 0. The topological polar surface area (TPSA) is 67.5 Å². The van der Waals surface area contributed by atoms with Crippen molar-refractivity contribution in [3.8, 4) is 0 Å². The van der Waals surface area contributed by atoms with Crippen molar-refractivity contribution in [1.82, 2.24) is 5.43 Å². The first-order valence-corrected chi connectivity index (χ1v) is 2.26. The van der Waals surface area contributed by atoms with Crippen LogP contribution in [0.4, 0.5) is 0 Å². The minimum absolute atomic E-state index is 0.102. The van der Waals surface area contributed by atoms with Gasteiger partial charge in [-0.15, -0.1) is 0 Å². The molecule has 1 amide bonds. The van der Waals surface area contributed by atoms with Gasteiger partial charge in [-0.1, -0.05) is 0 Å². The van der Waals surface area contributed by atoms with Gasteiger partial charge < -0.3 is 11.2 Å². The van der Waals surface area contributed by atoms with Crippen molar-refractivity contribution in [2.45, 2.75) is 6.92 Å². The third-order valence-electron chi connectivity index (χ3n) is 0.474. The maximum absolute atomic E-state index is 9.96. The average Bonchev–Trinajstić information content (AvgIpc) is 1.66. The van der Waals surface area contributed by atoms with Crippen molar-refractivity contribution in [3.05, 3.63) is 0 Å². The van der Waals surface area contributed by atoms with Crippen molar-refractivity contribution < 1.29 is 4.79 Å². The minimum atomic E-state index is -0.407. The van der Waals surface area contributed by atoms with E-state index in [1.165, 1.54) is 0 Å². The molecule has 0 aromatic rings. The Morgan fingerprint density at radius 3 is 3.00 bits per heavy atom. The molecule has 4 heteroatoms. The van der Waals surface area contributed by atoms with Gasteiger partial charge in [-0.25, -0.2) is 0 Å². The summed E-state index contributed by atoms with van der Waals surface area (Å²) in [5.74, 6) is -0.407. The number of nitrogens with one attached hydrogen (secondary N) is 1. The standard InChI is InChI=1S/C4H9N3O/c1-2-6-7-3-4(5)8/h2,7H,3H2,1H3,(H2,5,8)/b6-2-. The molecule has 0 radical (unpaired) electrons. The fourth-order valence-electron chi connectivity index (χ4n) is 0.215. The Labute approximate surface area is 47.8 Å². The van der Waals surface area contributed by atoms with Gasteiger partial charge in [-0.2, -0.15) is 5.10 Å². The average molecular weight is 115 g/mol. The summed E-state index contributed by atoms with van der Waals surface area (Å²) in [4.78, 5) is 9.96. The van der Waals surface area contributed by atoms with Crippen molar-refractivity contribution in [1.29, 1.82) is 0 Å². The van der Waals surface area contributed by atoms with Gasteiger partial charge in [0.25, 0.3) is 0 Å². The van der Waals surface area contributed by atoms with Crippen molar-refractivity contribution in [2.24, 2.45) is 10.8 Å². The molecule has 0 aliphatic carbocycles. The van der Waals surface area contributed by atoms with E-state index in [4.69, 9.17) is 5.73 Å². The maximum atomic E-state index is 9.96. The largest absolute Gasteiger partial charge is 0.368 e. The Bertz CT molecular complexity index is 99.5. The normalized spacial score (nSPS) is 9.62. The summed E-state index contributed by atoms with van der Waals surface area (Å²) in [7, 11) is 0. The molecule has 0 rings (SSSR count). The van der Waals surface area contributed by atoms with Gasteiger partial charge in [0.05, 0.1) is 0 Å². The lowest BCUT2D eigenvalue weighted by molar-refractivity contribution is -0.117. The Morgan fingerprint density at radius 1 is 2.00 bits per heavy atom. The molecular formula is C4H9N3O. The first-order chi connectivity index (χ1) is 3.77. The number of carbonyl (C=O) groups excluding carboxylic acids is 1. The van der Waals surface area contributed by atoms with E-state index in [0.29, 0.717) is 0 Å². The van der Waals surface area contributed by atoms with Crippen LogP contribution in [-0.2, 0) is 4.79 Å². The lowest BCUT2D eigenvalue weighted by atomic mass is 10.6. The van der Waals surface area contributed by atoms with E-state index in [1.54, 1.807) is 13.1 Å². The molecule has 0 saturated carbocycles. The summed E-state index contributed by atoms with van der Waals surface area (Å²) in [6.07, 6.45) is 1.54. The highest BCUT2D eigenvalue weighted by Gasteiger charge is 1.85. The predicted molar refractivity (Wildman–Crippen MR) is 31.4 cm³/mol. The van der Waals surface area contributed by atoms with Gasteiger partial charge in [0.1, 0.15) is 6.54 Å². The predicted octanol–water partition coefficient (Wildman–Crippen LogP) is -0.933. The molecule has 4 nitrogen and oxygen atoms in total. The van der Waals surface area contributed by atoms with E-state index in [0.717, 1.165) is 0 Å². The first kappa shape index (κ1) is 6.94. The van der Waals surface area contributed by atoms with Crippen LogP contribution in [0.3, 0.4) is 0 Å². The molecule has 0 spiro atoms. The van der Waals surface area contributed by atoms with Gasteiger partial charge in [0.2, 0.25) is 5.91 Å². The first-order valence-electron chi connectivity index (χ1n) is 2.26. The summed E-state index contributed by atoms with van der Waals surface area (Å²) in [5.41, 5.74) is 7.19. The maximum Gasteiger partial charge on any atom is 0.238 e. The monoisotopic (exact) mass is 115 g/mol. The Kier molecular flexibility index (Phi) is 3.56. The second-order valence-corrected chi connectivity index (χ2v) is 1.19. The third-order valence-corrected chi connectivity index (χ3v) is 0.474. The number of rotatable bonds is 3. The third kappa shape index (κ3) is 4.94. The number of hydrogen-bond donors (Lipinski definition) is 2. The molecule has 0 heterocycles. The molecule has 0 atom stereocenters. The molecule has 0 aromatic carbocycles. The van der Waals surface area contributed by atoms with Gasteiger partial charge in [0.15, 0.2) is 0 Å². The van der Waals surface area contributed by atoms with Gasteiger partial charge in [-0.05, 0) is 6.92 Å². The number of amides is 1. The molecule has 46 valence electrons. The van der Waals surface area contributed by atoms with Crippen LogP contribution in [-0.4, -0.2) is 18.7 Å². The number of primary amides is 1. The van der Waals surface area contributed by atoms with Crippen molar-refractivity contribution in [2.75, 3.05) is 6.54 Å². The zero-order chi connectivity index (χ0) is 6.41. The zero-order valence-electron chi connectivity index (χ0n) is 4.72. The summed E-state index contributed by atoms with van der Waals surface area (Å²) in [5, 5.41) is 3.54. The van der Waals surface area contributed by atoms with E-state index in [1.807, 2.05) is 0 Å². The van der Waals surface area contributed by atoms with Gasteiger partial charge in [-0.3, -0.25) is 4.79 Å². The van der Waals surface area contributed by atoms with E-state index >= 15 is 0 Å². The molecule has 8 heavy (non-hydrogen) atoms. The highest BCUT2D eigenvalue weighted by Crippen LogP contribution is 1.55. The van der Waals surface area contributed by atoms with Crippen LogP contribution in [0, 0.1) is 0 Å². The Balaban J connectivity index is 3.05. The van der Waals surface area contributed by atoms with Crippen LogP contribution >= 0.6 is 0 Å². The minimum Gasteiger partial charge on any atom is -0.368 e.